The minimum Gasteiger partial charge on any atom is -0.298 e. The van der Waals surface area contributed by atoms with Gasteiger partial charge in [-0.05, 0) is 75.8 Å². The highest BCUT2D eigenvalue weighted by Crippen LogP contribution is 2.36. The molecular formula is C54H35N5. The molecule has 0 saturated carbocycles. The summed E-state index contributed by atoms with van der Waals surface area (Å²) in [6.45, 7) is 0. The zero-order valence-corrected chi connectivity index (χ0v) is 31.9. The van der Waals surface area contributed by atoms with Gasteiger partial charge in [0.05, 0.1) is 28.1 Å². The molecule has 0 atom stereocenters. The van der Waals surface area contributed by atoms with Crippen molar-refractivity contribution >= 4 is 27.6 Å². The van der Waals surface area contributed by atoms with Crippen LogP contribution in [0.1, 0.15) is 0 Å². The van der Waals surface area contributed by atoms with Crippen LogP contribution in [0.15, 0.2) is 212 Å². The van der Waals surface area contributed by atoms with E-state index in [-0.39, 0.29) is 0 Å². The number of hydrogen-bond donors (Lipinski definition) is 0. The fourth-order valence-corrected chi connectivity index (χ4v) is 8.06. The van der Waals surface area contributed by atoms with Gasteiger partial charge in [-0.2, -0.15) is 0 Å². The molecular weight excluding hydrogens is 719 g/mol. The van der Waals surface area contributed by atoms with E-state index < -0.39 is 0 Å². The topological polar surface area (TPSA) is 56.0 Å². The smallest absolute Gasteiger partial charge is 0.160 e. The molecule has 0 aliphatic rings. The molecule has 0 aliphatic carbocycles. The van der Waals surface area contributed by atoms with Crippen LogP contribution in [-0.2, 0) is 0 Å². The van der Waals surface area contributed by atoms with Crippen molar-refractivity contribution in [2.24, 2.45) is 0 Å². The summed E-state index contributed by atoms with van der Waals surface area (Å²) >= 11 is 0. The Kier molecular flexibility index (Phi) is 8.41. The van der Waals surface area contributed by atoms with Crippen LogP contribution in [0.2, 0.25) is 0 Å². The third-order valence-electron chi connectivity index (χ3n) is 11.0. The van der Waals surface area contributed by atoms with Crippen LogP contribution in [0, 0.1) is 0 Å². The molecule has 0 saturated heterocycles. The summed E-state index contributed by atoms with van der Waals surface area (Å²) in [7, 11) is 0. The van der Waals surface area contributed by atoms with Crippen molar-refractivity contribution in [3.63, 3.8) is 0 Å². The Morgan fingerprint density at radius 1 is 0.322 bits per heavy atom. The maximum absolute atomic E-state index is 5.22. The second kappa shape index (κ2) is 14.5. The van der Waals surface area contributed by atoms with Crippen molar-refractivity contribution in [2.75, 3.05) is 0 Å². The maximum Gasteiger partial charge on any atom is 0.160 e. The third kappa shape index (κ3) is 6.41. The second-order valence-electron chi connectivity index (χ2n) is 14.7. The molecule has 5 heteroatoms. The molecule has 11 aromatic rings. The van der Waals surface area contributed by atoms with Gasteiger partial charge < -0.3 is 0 Å². The first-order valence-corrected chi connectivity index (χ1v) is 19.8. The number of imidazole rings is 1. The summed E-state index contributed by atoms with van der Waals surface area (Å²) in [6.07, 6.45) is 2.07. The fraction of sp³-hybridized carbons (Fsp3) is 0. The quantitative estimate of drug-likeness (QED) is 0.163. The van der Waals surface area contributed by atoms with Gasteiger partial charge in [-0.3, -0.25) is 4.40 Å². The van der Waals surface area contributed by atoms with Crippen LogP contribution >= 0.6 is 0 Å². The molecule has 0 fully saturated rings. The molecule has 5 nitrogen and oxygen atoms in total. The van der Waals surface area contributed by atoms with Crippen molar-refractivity contribution in [1.29, 1.82) is 0 Å². The molecule has 0 unspecified atom stereocenters. The van der Waals surface area contributed by atoms with Gasteiger partial charge in [-0.1, -0.05) is 164 Å². The fourth-order valence-electron chi connectivity index (χ4n) is 8.06. The summed E-state index contributed by atoms with van der Waals surface area (Å²) in [5.74, 6) is 0.670. The first kappa shape index (κ1) is 34.2. The third-order valence-corrected chi connectivity index (χ3v) is 11.0. The molecule has 59 heavy (non-hydrogen) atoms. The second-order valence-corrected chi connectivity index (χ2v) is 14.7. The van der Waals surface area contributed by atoms with Gasteiger partial charge in [0.2, 0.25) is 0 Å². The number of pyridine rings is 2. The SMILES string of the molecule is c1ccc(-c2cccc(-c3cc(-c4cccc(-c5ccccc5)c4)nc(-c4ccc(-c5cccc(-c6nc7ccccc7c7nc8ccccn8c67)c5)cc4)n3)c2)cc1. The van der Waals surface area contributed by atoms with Gasteiger partial charge in [0, 0.05) is 33.8 Å². The number of nitrogens with zero attached hydrogens (tertiary/aromatic N) is 5. The lowest BCUT2D eigenvalue weighted by molar-refractivity contribution is 1.18. The molecule has 0 amide bonds. The Balaban J connectivity index is 0.999. The van der Waals surface area contributed by atoms with Crippen molar-refractivity contribution in [2.45, 2.75) is 0 Å². The molecule has 0 radical (unpaired) electrons. The monoisotopic (exact) mass is 753 g/mol. The number of para-hydroxylation sites is 1. The van der Waals surface area contributed by atoms with Gasteiger partial charge in [-0.15, -0.1) is 0 Å². The minimum atomic E-state index is 0.670. The summed E-state index contributed by atoms with van der Waals surface area (Å²) < 4.78 is 2.14. The summed E-state index contributed by atoms with van der Waals surface area (Å²) in [5.41, 5.74) is 17.3. The van der Waals surface area contributed by atoms with Gasteiger partial charge in [0.25, 0.3) is 0 Å². The van der Waals surface area contributed by atoms with E-state index in [1.807, 2.05) is 42.5 Å². The lowest BCUT2D eigenvalue weighted by Crippen LogP contribution is -1.96. The Bertz CT molecular complexity index is 3220. The molecule has 0 spiro atoms. The first-order chi connectivity index (χ1) is 29.2. The number of benzene rings is 7. The highest BCUT2D eigenvalue weighted by molar-refractivity contribution is 6.09. The van der Waals surface area contributed by atoms with Crippen LogP contribution in [0.5, 0.6) is 0 Å². The Hall–Kier alpha value is -8.02. The van der Waals surface area contributed by atoms with Crippen LogP contribution in [0.25, 0.3) is 106 Å². The van der Waals surface area contributed by atoms with E-state index >= 15 is 0 Å². The average molecular weight is 754 g/mol. The van der Waals surface area contributed by atoms with Gasteiger partial charge >= 0.3 is 0 Å². The average Bonchev–Trinajstić information content (AvgIpc) is 3.72. The standard InChI is InChI=1S/C54H35N5/c1-3-14-36(15-4-1)40-18-11-21-43(32-40)48-35-49(44-22-12-19-41(33-44)37-16-5-2-6-17-37)57-54(56-48)39-29-27-38(28-30-39)42-20-13-23-45(34-42)51-53-52(46-24-7-8-25-47(46)55-51)58-50-26-9-10-31-59(50)53/h1-35H. The maximum atomic E-state index is 5.22. The van der Waals surface area contributed by atoms with Gasteiger partial charge in [-0.25, -0.2) is 19.9 Å². The summed E-state index contributed by atoms with van der Waals surface area (Å²) in [5, 5.41) is 1.05. The number of fused-ring (bicyclic) bond motifs is 5. The normalized spacial score (nSPS) is 11.4. The molecule has 4 aromatic heterocycles. The van der Waals surface area contributed by atoms with Crippen LogP contribution in [-0.4, -0.2) is 24.3 Å². The van der Waals surface area contributed by atoms with Crippen molar-refractivity contribution in [1.82, 2.24) is 24.3 Å². The molecule has 0 N–H and O–H groups in total. The van der Waals surface area contributed by atoms with E-state index in [0.29, 0.717) is 5.82 Å². The van der Waals surface area contributed by atoms with Crippen LogP contribution < -0.4 is 0 Å². The molecule has 4 heterocycles. The summed E-state index contributed by atoms with van der Waals surface area (Å²) in [4.78, 5) is 20.7. The van der Waals surface area contributed by atoms with Gasteiger partial charge in [0.15, 0.2) is 5.82 Å². The number of rotatable bonds is 7. The molecule has 7 aromatic carbocycles. The highest BCUT2D eigenvalue weighted by atomic mass is 15.0. The Labute approximate surface area is 341 Å². The lowest BCUT2D eigenvalue weighted by Gasteiger charge is -2.12. The zero-order valence-electron chi connectivity index (χ0n) is 31.9. The van der Waals surface area contributed by atoms with Gasteiger partial charge in [0.1, 0.15) is 11.2 Å². The van der Waals surface area contributed by atoms with Crippen molar-refractivity contribution in [3.05, 3.63) is 212 Å². The number of aromatic nitrogens is 5. The Morgan fingerprint density at radius 3 is 1.46 bits per heavy atom. The molecule has 276 valence electrons. The van der Waals surface area contributed by atoms with E-state index in [1.165, 1.54) is 11.1 Å². The van der Waals surface area contributed by atoms with Crippen molar-refractivity contribution < 1.29 is 0 Å². The van der Waals surface area contributed by atoms with E-state index in [9.17, 15) is 0 Å². The molecule has 11 rings (SSSR count). The van der Waals surface area contributed by atoms with E-state index in [2.05, 4.69) is 174 Å². The molecule has 0 aliphatic heterocycles. The first-order valence-electron chi connectivity index (χ1n) is 19.8. The summed E-state index contributed by atoms with van der Waals surface area (Å²) in [6, 6.07) is 71.8. The lowest BCUT2D eigenvalue weighted by atomic mass is 9.98. The largest absolute Gasteiger partial charge is 0.298 e. The predicted molar refractivity (Wildman–Crippen MR) is 242 cm³/mol. The minimum absolute atomic E-state index is 0.670. The number of hydrogen-bond acceptors (Lipinski definition) is 4. The van der Waals surface area contributed by atoms with Crippen LogP contribution in [0.3, 0.4) is 0 Å². The Morgan fingerprint density at radius 2 is 0.814 bits per heavy atom. The van der Waals surface area contributed by atoms with E-state index in [0.717, 1.165) is 89.2 Å². The zero-order chi connectivity index (χ0) is 39.1. The molecule has 0 bridgehead atoms. The van der Waals surface area contributed by atoms with E-state index in [1.54, 1.807) is 0 Å². The predicted octanol–water partition coefficient (Wildman–Crippen LogP) is 13.5. The van der Waals surface area contributed by atoms with Crippen molar-refractivity contribution in [3.8, 4) is 78.5 Å². The highest BCUT2D eigenvalue weighted by Gasteiger charge is 2.17. The van der Waals surface area contributed by atoms with Crippen LogP contribution in [0.4, 0.5) is 0 Å². The van der Waals surface area contributed by atoms with E-state index in [4.69, 9.17) is 19.9 Å².